The van der Waals surface area contributed by atoms with E-state index in [0.29, 0.717) is 10.9 Å². The predicted octanol–water partition coefficient (Wildman–Crippen LogP) is 4.25. The van der Waals surface area contributed by atoms with Gasteiger partial charge in [-0.1, -0.05) is 23.7 Å². The first kappa shape index (κ1) is 14.5. The Morgan fingerprint density at radius 2 is 1.95 bits per heavy atom. The Morgan fingerprint density at radius 3 is 2.64 bits per heavy atom. The van der Waals surface area contributed by atoms with Gasteiger partial charge in [0.15, 0.2) is 6.04 Å². The van der Waals surface area contributed by atoms with Crippen molar-refractivity contribution in [3.63, 3.8) is 0 Å². The number of fused-ring (bicyclic) bond motifs is 1. The van der Waals surface area contributed by atoms with E-state index >= 15 is 0 Å². The van der Waals surface area contributed by atoms with E-state index in [1.807, 2.05) is 0 Å². The number of hydrogen-bond acceptors (Lipinski definition) is 1. The first-order valence-electron chi connectivity index (χ1n) is 6.42. The number of benzene rings is 2. The monoisotopic (exact) mass is 321 g/mol. The SMILES string of the molecule is O=C(O)C(c1ccc(F)cc1Cl)n1ccc2c(F)cccc21. The van der Waals surface area contributed by atoms with Crippen molar-refractivity contribution in [1.29, 1.82) is 0 Å². The zero-order chi connectivity index (χ0) is 15.9. The highest BCUT2D eigenvalue weighted by Gasteiger charge is 2.26. The second-order valence-electron chi connectivity index (χ2n) is 4.80. The highest BCUT2D eigenvalue weighted by atomic mass is 35.5. The van der Waals surface area contributed by atoms with E-state index in [-0.39, 0.29) is 10.6 Å². The third kappa shape index (κ3) is 2.33. The predicted molar refractivity (Wildman–Crippen MR) is 79.1 cm³/mol. The number of halogens is 3. The Kier molecular flexibility index (Phi) is 3.58. The molecule has 0 aliphatic carbocycles. The van der Waals surface area contributed by atoms with E-state index < -0.39 is 23.6 Å². The maximum Gasteiger partial charge on any atom is 0.331 e. The first-order chi connectivity index (χ1) is 10.5. The number of aliphatic carboxylic acids is 1. The Bertz CT molecular complexity index is 876. The molecule has 22 heavy (non-hydrogen) atoms. The zero-order valence-corrected chi connectivity index (χ0v) is 11.9. The molecule has 3 aromatic rings. The molecule has 2 aromatic carbocycles. The van der Waals surface area contributed by atoms with E-state index in [0.717, 1.165) is 12.1 Å². The normalized spacial score (nSPS) is 12.5. The average molecular weight is 322 g/mol. The summed E-state index contributed by atoms with van der Waals surface area (Å²) in [6.07, 6.45) is 1.48. The molecule has 0 fully saturated rings. The van der Waals surface area contributed by atoms with E-state index in [9.17, 15) is 18.7 Å². The molecular weight excluding hydrogens is 312 g/mol. The fourth-order valence-corrected chi connectivity index (χ4v) is 2.77. The molecule has 0 aliphatic heterocycles. The van der Waals surface area contributed by atoms with Crippen molar-refractivity contribution in [2.75, 3.05) is 0 Å². The molecule has 0 aliphatic rings. The van der Waals surface area contributed by atoms with Gasteiger partial charge >= 0.3 is 5.97 Å². The minimum Gasteiger partial charge on any atom is -0.479 e. The largest absolute Gasteiger partial charge is 0.479 e. The van der Waals surface area contributed by atoms with E-state index in [2.05, 4.69) is 0 Å². The number of carbonyl (C=O) groups is 1. The van der Waals surface area contributed by atoms with Crippen LogP contribution in [-0.4, -0.2) is 15.6 Å². The number of aromatic nitrogens is 1. The number of carboxylic acids is 1. The molecule has 3 nitrogen and oxygen atoms in total. The summed E-state index contributed by atoms with van der Waals surface area (Å²) in [5.41, 5.74) is 0.658. The molecule has 1 heterocycles. The third-order valence-corrected chi connectivity index (χ3v) is 3.81. The van der Waals surface area contributed by atoms with Gasteiger partial charge in [-0.15, -0.1) is 0 Å². The van der Waals surface area contributed by atoms with Crippen LogP contribution in [0.3, 0.4) is 0 Å². The van der Waals surface area contributed by atoms with Crippen molar-refractivity contribution in [2.24, 2.45) is 0 Å². The van der Waals surface area contributed by atoms with Gasteiger partial charge in [0.25, 0.3) is 0 Å². The second-order valence-corrected chi connectivity index (χ2v) is 5.21. The molecule has 0 saturated heterocycles. The van der Waals surface area contributed by atoms with Gasteiger partial charge in [-0.05, 0) is 30.3 Å². The minimum absolute atomic E-state index is 0.00523. The Hall–Kier alpha value is -2.40. The first-order valence-corrected chi connectivity index (χ1v) is 6.79. The fourth-order valence-electron chi connectivity index (χ4n) is 2.50. The van der Waals surface area contributed by atoms with Gasteiger partial charge in [-0.2, -0.15) is 0 Å². The summed E-state index contributed by atoms with van der Waals surface area (Å²) in [6.45, 7) is 0. The van der Waals surface area contributed by atoms with Gasteiger partial charge in [-0.25, -0.2) is 13.6 Å². The third-order valence-electron chi connectivity index (χ3n) is 3.48. The highest BCUT2D eigenvalue weighted by Crippen LogP contribution is 2.31. The summed E-state index contributed by atoms with van der Waals surface area (Å²) in [6, 6.07) is 8.26. The molecular formula is C16H10ClF2NO2. The van der Waals surface area contributed by atoms with Gasteiger partial charge in [0.05, 0.1) is 5.52 Å². The van der Waals surface area contributed by atoms with Crippen LogP contribution in [0.1, 0.15) is 11.6 Å². The zero-order valence-electron chi connectivity index (χ0n) is 11.1. The quantitative estimate of drug-likeness (QED) is 0.783. The molecule has 0 amide bonds. The van der Waals surface area contributed by atoms with Crippen LogP contribution < -0.4 is 0 Å². The molecule has 0 spiro atoms. The van der Waals surface area contributed by atoms with Crippen LogP contribution in [0.2, 0.25) is 5.02 Å². The van der Waals surface area contributed by atoms with Gasteiger partial charge < -0.3 is 9.67 Å². The van der Waals surface area contributed by atoms with Gasteiger partial charge in [0, 0.05) is 22.2 Å². The lowest BCUT2D eigenvalue weighted by atomic mass is 10.1. The van der Waals surface area contributed by atoms with Crippen LogP contribution in [0.15, 0.2) is 48.7 Å². The van der Waals surface area contributed by atoms with Crippen LogP contribution >= 0.6 is 11.6 Å². The highest BCUT2D eigenvalue weighted by molar-refractivity contribution is 6.31. The topological polar surface area (TPSA) is 42.2 Å². The van der Waals surface area contributed by atoms with Crippen LogP contribution in [0, 0.1) is 11.6 Å². The summed E-state index contributed by atoms with van der Waals surface area (Å²) >= 11 is 5.98. The maximum atomic E-state index is 13.8. The summed E-state index contributed by atoms with van der Waals surface area (Å²) in [5, 5.41) is 9.87. The second kappa shape index (κ2) is 5.42. The van der Waals surface area contributed by atoms with Gasteiger partial charge in [-0.3, -0.25) is 0 Å². The molecule has 3 rings (SSSR count). The van der Waals surface area contributed by atoms with Crippen molar-refractivity contribution in [3.05, 3.63) is 70.9 Å². The lowest BCUT2D eigenvalue weighted by Gasteiger charge is -2.17. The van der Waals surface area contributed by atoms with Crippen molar-refractivity contribution < 1.29 is 18.7 Å². The summed E-state index contributed by atoms with van der Waals surface area (Å²) in [4.78, 5) is 11.7. The summed E-state index contributed by atoms with van der Waals surface area (Å²) in [5.74, 6) is -2.16. The van der Waals surface area contributed by atoms with Crippen molar-refractivity contribution in [1.82, 2.24) is 4.57 Å². The molecule has 1 N–H and O–H groups in total. The van der Waals surface area contributed by atoms with Gasteiger partial charge in [0.2, 0.25) is 0 Å². The van der Waals surface area contributed by atoms with E-state index in [1.165, 1.54) is 35.0 Å². The number of rotatable bonds is 3. The molecule has 1 aromatic heterocycles. The lowest BCUT2D eigenvalue weighted by Crippen LogP contribution is -2.20. The molecule has 112 valence electrons. The number of nitrogens with zero attached hydrogens (tertiary/aromatic N) is 1. The summed E-state index contributed by atoms with van der Waals surface area (Å²) in [7, 11) is 0. The van der Waals surface area contributed by atoms with Crippen molar-refractivity contribution in [2.45, 2.75) is 6.04 Å². The van der Waals surface area contributed by atoms with Gasteiger partial charge in [0.1, 0.15) is 11.6 Å². The molecule has 6 heteroatoms. The summed E-state index contributed by atoms with van der Waals surface area (Å²) < 4.78 is 28.3. The number of carboxylic acid groups (broad SMARTS) is 1. The smallest absolute Gasteiger partial charge is 0.331 e. The number of hydrogen-bond donors (Lipinski definition) is 1. The van der Waals surface area contributed by atoms with Crippen LogP contribution in [0.4, 0.5) is 8.78 Å². The Balaban J connectivity index is 2.23. The molecule has 1 atom stereocenters. The van der Waals surface area contributed by atoms with Crippen LogP contribution in [0.5, 0.6) is 0 Å². The van der Waals surface area contributed by atoms with E-state index in [4.69, 9.17) is 11.6 Å². The van der Waals surface area contributed by atoms with Crippen molar-refractivity contribution in [3.8, 4) is 0 Å². The molecule has 0 saturated carbocycles. The lowest BCUT2D eigenvalue weighted by molar-refractivity contribution is -0.139. The maximum absolute atomic E-state index is 13.8. The standard InChI is InChI=1S/C16H10ClF2NO2/c17-12-8-9(18)4-5-10(12)15(16(21)22)20-7-6-11-13(19)2-1-3-14(11)20/h1-8,15H,(H,21,22). The van der Waals surface area contributed by atoms with Crippen LogP contribution in [-0.2, 0) is 4.79 Å². The van der Waals surface area contributed by atoms with Crippen molar-refractivity contribution >= 4 is 28.5 Å². The fraction of sp³-hybridized carbons (Fsp3) is 0.0625. The van der Waals surface area contributed by atoms with Crippen LogP contribution in [0.25, 0.3) is 10.9 Å². The average Bonchev–Trinajstić information content (AvgIpc) is 2.87. The molecule has 0 bridgehead atoms. The Labute approximate surface area is 129 Å². The Morgan fingerprint density at radius 1 is 1.18 bits per heavy atom. The minimum atomic E-state index is -1.17. The molecule has 1 unspecified atom stereocenters. The molecule has 0 radical (unpaired) electrons. The van der Waals surface area contributed by atoms with E-state index in [1.54, 1.807) is 6.07 Å².